The molecule has 4 nitrogen and oxygen atoms in total. The molecule has 0 N–H and O–H groups in total. The van der Waals surface area contributed by atoms with Crippen LogP contribution in [-0.2, 0) is 9.63 Å². The van der Waals surface area contributed by atoms with Crippen LogP contribution in [0, 0.1) is 0 Å². The van der Waals surface area contributed by atoms with Crippen molar-refractivity contribution >= 4 is 5.78 Å². The van der Waals surface area contributed by atoms with Crippen molar-refractivity contribution in [1.29, 1.82) is 0 Å². The highest BCUT2D eigenvalue weighted by atomic mass is 16.7. The first-order chi connectivity index (χ1) is 5.72. The average Bonchev–Trinajstić information content (AvgIpc) is 2.05. The Balaban J connectivity index is 2.21. The molecule has 1 aliphatic rings. The highest BCUT2D eigenvalue weighted by Gasteiger charge is 2.16. The van der Waals surface area contributed by atoms with E-state index >= 15 is 0 Å². The lowest BCUT2D eigenvalue weighted by molar-refractivity contribution is -0.153. The van der Waals surface area contributed by atoms with E-state index in [-0.39, 0.29) is 5.78 Å². The molecule has 1 fully saturated rings. The monoisotopic (exact) mass is 172 g/mol. The molecule has 0 spiro atoms. The summed E-state index contributed by atoms with van der Waals surface area (Å²) in [5, 5.41) is 1.91. The van der Waals surface area contributed by atoms with E-state index in [9.17, 15) is 4.79 Å². The number of hydroxylamine groups is 2. The lowest BCUT2D eigenvalue weighted by Gasteiger charge is -2.32. The Morgan fingerprint density at radius 3 is 2.33 bits per heavy atom. The summed E-state index contributed by atoms with van der Waals surface area (Å²) < 4.78 is 0. The third-order valence-corrected chi connectivity index (χ3v) is 2.04. The van der Waals surface area contributed by atoms with Crippen LogP contribution in [0.1, 0.15) is 6.92 Å². The number of nitrogens with zero attached hydrogens (tertiary/aromatic N) is 2. The zero-order valence-electron chi connectivity index (χ0n) is 7.75. The van der Waals surface area contributed by atoms with E-state index in [0.717, 1.165) is 26.2 Å². The van der Waals surface area contributed by atoms with Crippen molar-refractivity contribution in [3.63, 3.8) is 0 Å². The Bertz CT molecular complexity index is 153. The number of hydrogen-bond acceptors (Lipinski definition) is 4. The maximum atomic E-state index is 10.8. The second kappa shape index (κ2) is 4.54. The minimum atomic E-state index is 0.237. The van der Waals surface area contributed by atoms with Gasteiger partial charge in [0.15, 0.2) is 0 Å². The van der Waals surface area contributed by atoms with Crippen LogP contribution in [0.5, 0.6) is 0 Å². The number of hydrogen-bond donors (Lipinski definition) is 0. The number of piperazine rings is 1. The van der Waals surface area contributed by atoms with Gasteiger partial charge in [-0.2, -0.15) is 5.06 Å². The average molecular weight is 172 g/mol. The summed E-state index contributed by atoms with van der Waals surface area (Å²) in [4.78, 5) is 18.0. The van der Waals surface area contributed by atoms with Crippen molar-refractivity contribution in [3.05, 3.63) is 0 Å². The normalized spacial score (nSPS) is 21.2. The molecule has 0 radical (unpaired) electrons. The summed E-state index contributed by atoms with van der Waals surface area (Å²) >= 11 is 0. The fraction of sp³-hybridized carbons (Fsp3) is 0.875. The minimum Gasteiger partial charge on any atom is -0.302 e. The standard InChI is InChI=1S/C8H16N2O2/c1-8(11)7-9-3-5-10(12-2)6-4-9/h3-7H2,1-2H3. The fourth-order valence-electron chi connectivity index (χ4n) is 1.39. The Labute approximate surface area is 73.0 Å². The summed E-state index contributed by atoms with van der Waals surface area (Å²) in [6.07, 6.45) is 0. The molecule has 1 heterocycles. The molecule has 0 bridgehead atoms. The smallest absolute Gasteiger partial charge is 0.143 e. The second-order valence-corrected chi connectivity index (χ2v) is 3.09. The third-order valence-electron chi connectivity index (χ3n) is 2.04. The number of rotatable bonds is 3. The van der Waals surface area contributed by atoms with Crippen LogP contribution < -0.4 is 0 Å². The Hall–Kier alpha value is -0.450. The van der Waals surface area contributed by atoms with Crippen LogP contribution in [0.15, 0.2) is 0 Å². The topological polar surface area (TPSA) is 32.8 Å². The summed E-state index contributed by atoms with van der Waals surface area (Å²) in [7, 11) is 1.68. The van der Waals surface area contributed by atoms with E-state index in [1.165, 1.54) is 0 Å². The maximum Gasteiger partial charge on any atom is 0.143 e. The molecule has 1 rings (SSSR count). The first kappa shape index (κ1) is 9.64. The highest BCUT2D eigenvalue weighted by molar-refractivity contribution is 5.77. The lowest BCUT2D eigenvalue weighted by atomic mass is 10.3. The van der Waals surface area contributed by atoms with Gasteiger partial charge < -0.3 is 4.84 Å². The van der Waals surface area contributed by atoms with E-state index in [0.29, 0.717) is 6.54 Å². The Morgan fingerprint density at radius 2 is 1.92 bits per heavy atom. The molecule has 0 unspecified atom stereocenters. The molecule has 0 saturated carbocycles. The zero-order chi connectivity index (χ0) is 8.97. The molecule has 1 aliphatic heterocycles. The van der Waals surface area contributed by atoms with Crippen molar-refractivity contribution in [1.82, 2.24) is 9.96 Å². The van der Waals surface area contributed by atoms with Crippen LogP contribution >= 0.6 is 0 Å². The number of ketones is 1. The molecule has 0 atom stereocenters. The van der Waals surface area contributed by atoms with E-state index in [1.807, 2.05) is 5.06 Å². The van der Waals surface area contributed by atoms with Gasteiger partial charge in [0.2, 0.25) is 0 Å². The molecule has 1 saturated heterocycles. The van der Waals surface area contributed by atoms with Crippen LogP contribution in [0.25, 0.3) is 0 Å². The van der Waals surface area contributed by atoms with Gasteiger partial charge in [-0.15, -0.1) is 0 Å². The van der Waals surface area contributed by atoms with Crippen LogP contribution in [-0.4, -0.2) is 55.6 Å². The van der Waals surface area contributed by atoms with Crippen molar-refractivity contribution in [2.24, 2.45) is 0 Å². The molecular weight excluding hydrogens is 156 g/mol. The summed E-state index contributed by atoms with van der Waals surface area (Å²) in [5.74, 6) is 0.237. The number of Topliss-reactive ketones (excluding diaryl/α,β-unsaturated/α-hetero) is 1. The fourth-order valence-corrected chi connectivity index (χ4v) is 1.39. The molecule has 70 valence electrons. The van der Waals surface area contributed by atoms with Crippen LogP contribution in [0.3, 0.4) is 0 Å². The van der Waals surface area contributed by atoms with Crippen molar-refractivity contribution in [3.8, 4) is 0 Å². The number of carbonyl (C=O) groups excluding carboxylic acids is 1. The molecule has 0 aliphatic carbocycles. The molecule has 0 amide bonds. The predicted octanol–water partition coefficient (Wildman–Crippen LogP) is -0.246. The van der Waals surface area contributed by atoms with Crippen LogP contribution in [0.2, 0.25) is 0 Å². The van der Waals surface area contributed by atoms with Gasteiger partial charge in [0, 0.05) is 26.2 Å². The van der Waals surface area contributed by atoms with E-state index in [4.69, 9.17) is 4.84 Å². The molecule has 4 heteroatoms. The molecule has 0 aromatic rings. The van der Waals surface area contributed by atoms with Gasteiger partial charge >= 0.3 is 0 Å². The van der Waals surface area contributed by atoms with E-state index in [2.05, 4.69) is 4.90 Å². The van der Waals surface area contributed by atoms with Crippen molar-refractivity contribution < 1.29 is 9.63 Å². The van der Waals surface area contributed by atoms with Gasteiger partial charge in [-0.05, 0) is 6.92 Å². The minimum absolute atomic E-state index is 0.237. The Kier molecular flexibility index (Phi) is 3.65. The third kappa shape index (κ3) is 2.89. The summed E-state index contributed by atoms with van der Waals surface area (Å²) in [6, 6.07) is 0. The first-order valence-corrected chi connectivity index (χ1v) is 4.23. The molecule has 12 heavy (non-hydrogen) atoms. The van der Waals surface area contributed by atoms with Gasteiger partial charge in [-0.1, -0.05) is 0 Å². The van der Waals surface area contributed by atoms with Crippen molar-refractivity contribution in [2.45, 2.75) is 6.92 Å². The van der Waals surface area contributed by atoms with E-state index in [1.54, 1.807) is 14.0 Å². The molecular formula is C8H16N2O2. The Morgan fingerprint density at radius 1 is 1.33 bits per heavy atom. The van der Waals surface area contributed by atoms with Gasteiger partial charge in [0.05, 0.1) is 13.7 Å². The second-order valence-electron chi connectivity index (χ2n) is 3.09. The predicted molar refractivity (Wildman–Crippen MR) is 45.7 cm³/mol. The van der Waals surface area contributed by atoms with Gasteiger partial charge in [0.1, 0.15) is 5.78 Å². The molecule has 0 aromatic carbocycles. The van der Waals surface area contributed by atoms with Gasteiger partial charge in [0.25, 0.3) is 0 Å². The van der Waals surface area contributed by atoms with Crippen molar-refractivity contribution in [2.75, 3.05) is 39.8 Å². The quantitative estimate of drug-likeness (QED) is 0.588. The van der Waals surface area contributed by atoms with Crippen LogP contribution in [0.4, 0.5) is 0 Å². The van der Waals surface area contributed by atoms with Gasteiger partial charge in [-0.25, -0.2) is 0 Å². The molecule has 0 aromatic heterocycles. The summed E-state index contributed by atoms with van der Waals surface area (Å²) in [5.41, 5.74) is 0. The van der Waals surface area contributed by atoms with Gasteiger partial charge in [-0.3, -0.25) is 9.69 Å². The lowest BCUT2D eigenvalue weighted by Crippen LogP contribution is -2.47. The summed E-state index contributed by atoms with van der Waals surface area (Å²) in [6.45, 7) is 5.84. The highest BCUT2D eigenvalue weighted by Crippen LogP contribution is 2.00. The number of carbonyl (C=O) groups is 1. The zero-order valence-corrected chi connectivity index (χ0v) is 7.75. The SMILES string of the molecule is CON1CCN(CC(C)=O)CC1. The largest absolute Gasteiger partial charge is 0.302 e. The maximum absolute atomic E-state index is 10.8. The van der Waals surface area contributed by atoms with E-state index < -0.39 is 0 Å². The first-order valence-electron chi connectivity index (χ1n) is 4.23.